The van der Waals surface area contributed by atoms with Crippen LogP contribution in [0.5, 0.6) is 0 Å². The Morgan fingerprint density at radius 2 is 2.04 bits per heavy atom. The van der Waals surface area contributed by atoms with E-state index >= 15 is 0 Å². The molecular weight excluding hydrogens is 373 g/mol. The van der Waals surface area contributed by atoms with E-state index in [4.69, 9.17) is 4.74 Å². The lowest BCUT2D eigenvalue weighted by molar-refractivity contribution is -0.0608. The van der Waals surface area contributed by atoms with Crippen LogP contribution in [0, 0.1) is 6.92 Å². The second kappa shape index (κ2) is 8.73. The summed E-state index contributed by atoms with van der Waals surface area (Å²) in [6.07, 6.45) is 7.81. The lowest BCUT2D eigenvalue weighted by Gasteiger charge is -2.45. The SMILES string of the molecule is CCC1=C(/C=C(\C)F)CCC2(CCN(C(=O)c3ccc(SC)c(C)c3)CC2)O1. The molecule has 3 rings (SSSR count). The van der Waals surface area contributed by atoms with Gasteiger partial charge in [-0.1, -0.05) is 6.92 Å². The van der Waals surface area contributed by atoms with Gasteiger partial charge in [0.05, 0.1) is 11.6 Å². The van der Waals surface area contributed by atoms with Gasteiger partial charge in [0.1, 0.15) is 5.60 Å². The second-order valence-electron chi connectivity index (χ2n) is 7.79. The van der Waals surface area contributed by atoms with Crippen LogP contribution in [0.3, 0.4) is 0 Å². The molecule has 1 amide bonds. The van der Waals surface area contributed by atoms with Crippen LogP contribution in [-0.2, 0) is 4.74 Å². The van der Waals surface area contributed by atoms with Gasteiger partial charge in [-0.2, -0.15) is 0 Å². The lowest BCUT2D eigenvalue weighted by Crippen LogP contribution is -2.49. The Kier molecular flexibility index (Phi) is 6.54. The molecule has 0 aromatic heterocycles. The van der Waals surface area contributed by atoms with E-state index in [0.29, 0.717) is 13.1 Å². The van der Waals surface area contributed by atoms with Crippen LogP contribution < -0.4 is 0 Å². The first-order chi connectivity index (χ1) is 13.4. The third-order valence-corrected chi connectivity index (χ3v) is 6.74. The summed E-state index contributed by atoms with van der Waals surface area (Å²) in [6.45, 7) is 6.98. The lowest BCUT2D eigenvalue weighted by atomic mass is 9.82. The Labute approximate surface area is 172 Å². The van der Waals surface area contributed by atoms with Gasteiger partial charge in [-0.3, -0.25) is 4.79 Å². The highest BCUT2D eigenvalue weighted by molar-refractivity contribution is 7.98. The molecule has 0 atom stereocenters. The molecule has 1 aromatic rings. The highest BCUT2D eigenvalue weighted by atomic mass is 32.2. The van der Waals surface area contributed by atoms with E-state index in [2.05, 4.69) is 6.92 Å². The van der Waals surface area contributed by atoms with Crippen molar-refractivity contribution < 1.29 is 13.9 Å². The monoisotopic (exact) mass is 403 g/mol. The number of hydrogen-bond donors (Lipinski definition) is 0. The standard InChI is InChI=1S/C23H30FNO2S/c1-5-20-18(15-17(3)24)8-9-23(27-20)10-12-25(13-11-23)22(26)19-6-7-21(28-4)16(2)14-19/h6-7,14-15H,5,8-13H2,1-4H3/b17-15+. The molecule has 0 aliphatic carbocycles. The van der Waals surface area contributed by atoms with Gasteiger partial charge < -0.3 is 9.64 Å². The Bertz CT molecular complexity index is 803. The maximum atomic E-state index is 13.3. The second-order valence-corrected chi connectivity index (χ2v) is 8.64. The molecule has 2 aliphatic rings. The predicted octanol–water partition coefficient (Wildman–Crippen LogP) is 6.04. The number of rotatable bonds is 4. The van der Waals surface area contributed by atoms with Crippen LogP contribution in [-0.4, -0.2) is 35.8 Å². The van der Waals surface area contributed by atoms with Crippen LogP contribution in [0.1, 0.15) is 61.9 Å². The zero-order valence-corrected chi connectivity index (χ0v) is 18.1. The van der Waals surface area contributed by atoms with Gasteiger partial charge in [0.2, 0.25) is 0 Å². The summed E-state index contributed by atoms with van der Waals surface area (Å²) in [7, 11) is 0. The van der Waals surface area contributed by atoms with Gasteiger partial charge in [-0.15, -0.1) is 11.8 Å². The predicted molar refractivity (Wildman–Crippen MR) is 113 cm³/mol. The number of thioether (sulfide) groups is 1. The van der Waals surface area contributed by atoms with Gasteiger partial charge in [-0.25, -0.2) is 4.39 Å². The number of halogens is 1. The van der Waals surface area contributed by atoms with Gasteiger partial charge in [0.15, 0.2) is 0 Å². The van der Waals surface area contributed by atoms with Crippen LogP contribution in [0.4, 0.5) is 4.39 Å². The zero-order valence-electron chi connectivity index (χ0n) is 17.3. The molecule has 0 N–H and O–H groups in total. The number of benzene rings is 1. The number of piperidine rings is 1. The average molecular weight is 404 g/mol. The summed E-state index contributed by atoms with van der Waals surface area (Å²) in [5.74, 6) is 0.833. The largest absolute Gasteiger partial charge is 0.491 e. The van der Waals surface area contributed by atoms with E-state index in [0.717, 1.165) is 54.6 Å². The zero-order chi connectivity index (χ0) is 20.3. The Hall–Kier alpha value is -1.75. The molecule has 28 heavy (non-hydrogen) atoms. The highest BCUT2D eigenvalue weighted by Crippen LogP contribution is 2.41. The summed E-state index contributed by atoms with van der Waals surface area (Å²) in [5, 5.41) is 0. The Morgan fingerprint density at radius 3 is 2.61 bits per heavy atom. The van der Waals surface area contributed by atoms with Crippen molar-refractivity contribution in [2.24, 2.45) is 0 Å². The maximum absolute atomic E-state index is 13.3. The molecule has 1 fully saturated rings. The van der Waals surface area contributed by atoms with Crippen molar-refractivity contribution in [3.8, 4) is 0 Å². The van der Waals surface area contributed by atoms with Crippen molar-refractivity contribution in [1.29, 1.82) is 0 Å². The molecular formula is C23H30FNO2S. The van der Waals surface area contributed by atoms with Crippen molar-refractivity contribution in [2.45, 2.75) is 63.4 Å². The number of aryl methyl sites for hydroxylation is 1. The van der Waals surface area contributed by atoms with Crippen LogP contribution in [0.25, 0.3) is 0 Å². The number of ether oxygens (including phenoxy) is 1. The minimum atomic E-state index is -0.206. The molecule has 0 radical (unpaired) electrons. The minimum absolute atomic E-state index is 0.101. The number of likely N-dealkylation sites (tertiary alicyclic amines) is 1. The fourth-order valence-corrected chi connectivity index (χ4v) is 4.82. The molecule has 5 heteroatoms. The molecule has 1 saturated heterocycles. The van der Waals surface area contributed by atoms with Crippen molar-refractivity contribution in [2.75, 3.05) is 19.3 Å². The highest BCUT2D eigenvalue weighted by Gasteiger charge is 2.40. The van der Waals surface area contributed by atoms with Crippen molar-refractivity contribution in [3.63, 3.8) is 0 Å². The molecule has 2 heterocycles. The normalized spacial score (nSPS) is 19.8. The van der Waals surface area contributed by atoms with Crippen molar-refractivity contribution in [1.82, 2.24) is 4.90 Å². The molecule has 0 unspecified atom stereocenters. The molecule has 152 valence electrons. The minimum Gasteiger partial charge on any atom is -0.491 e. The summed E-state index contributed by atoms with van der Waals surface area (Å²) in [5.41, 5.74) is 2.68. The maximum Gasteiger partial charge on any atom is 0.253 e. The smallest absolute Gasteiger partial charge is 0.253 e. The van der Waals surface area contributed by atoms with E-state index < -0.39 is 0 Å². The molecule has 3 nitrogen and oxygen atoms in total. The molecule has 0 bridgehead atoms. The molecule has 2 aliphatic heterocycles. The summed E-state index contributed by atoms with van der Waals surface area (Å²) < 4.78 is 19.7. The fourth-order valence-electron chi connectivity index (χ4n) is 4.24. The quantitative estimate of drug-likeness (QED) is 0.574. The number of carbonyl (C=O) groups is 1. The molecule has 1 aromatic carbocycles. The first-order valence-electron chi connectivity index (χ1n) is 10.1. The van der Waals surface area contributed by atoms with E-state index in [9.17, 15) is 9.18 Å². The average Bonchev–Trinajstić information content (AvgIpc) is 2.69. The molecule has 0 saturated carbocycles. The van der Waals surface area contributed by atoms with E-state index in [1.54, 1.807) is 17.8 Å². The summed E-state index contributed by atoms with van der Waals surface area (Å²) in [4.78, 5) is 16.1. The number of carbonyl (C=O) groups excluding carboxylic acids is 1. The fraction of sp³-hybridized carbons (Fsp3) is 0.522. The van der Waals surface area contributed by atoms with Crippen molar-refractivity contribution >= 4 is 17.7 Å². The number of nitrogens with zero attached hydrogens (tertiary/aromatic N) is 1. The van der Waals surface area contributed by atoms with E-state index in [1.807, 2.05) is 36.3 Å². The first kappa shape index (κ1) is 21.0. The third kappa shape index (κ3) is 4.45. The number of allylic oxidation sites excluding steroid dienone is 4. The van der Waals surface area contributed by atoms with E-state index in [-0.39, 0.29) is 17.3 Å². The van der Waals surface area contributed by atoms with Gasteiger partial charge >= 0.3 is 0 Å². The number of hydrogen-bond acceptors (Lipinski definition) is 3. The van der Waals surface area contributed by atoms with Crippen LogP contribution in [0.15, 0.2) is 46.3 Å². The van der Waals surface area contributed by atoms with E-state index in [1.165, 1.54) is 11.8 Å². The van der Waals surface area contributed by atoms with Crippen molar-refractivity contribution in [3.05, 3.63) is 52.6 Å². The first-order valence-corrected chi connectivity index (χ1v) is 11.3. The Morgan fingerprint density at radius 1 is 1.32 bits per heavy atom. The van der Waals surface area contributed by atoms with Gasteiger partial charge in [0, 0.05) is 42.8 Å². The third-order valence-electron chi connectivity index (χ3n) is 5.85. The number of amides is 1. The van der Waals surface area contributed by atoms with Crippen LogP contribution >= 0.6 is 11.8 Å². The van der Waals surface area contributed by atoms with Crippen LogP contribution in [0.2, 0.25) is 0 Å². The summed E-state index contributed by atoms with van der Waals surface area (Å²) in [6, 6.07) is 5.95. The topological polar surface area (TPSA) is 29.5 Å². The Balaban J connectivity index is 1.67. The molecule has 1 spiro atoms. The van der Waals surface area contributed by atoms with Gasteiger partial charge in [-0.05, 0) is 68.4 Å². The summed E-state index contributed by atoms with van der Waals surface area (Å²) >= 11 is 1.70. The van der Waals surface area contributed by atoms with Gasteiger partial charge in [0.25, 0.3) is 5.91 Å².